The van der Waals surface area contributed by atoms with Gasteiger partial charge >= 0.3 is 0 Å². The van der Waals surface area contributed by atoms with Crippen molar-refractivity contribution < 1.29 is 13.2 Å². The fourth-order valence-electron chi connectivity index (χ4n) is 0.380. The number of rotatable bonds is 4. The van der Waals surface area contributed by atoms with Crippen molar-refractivity contribution in [3.63, 3.8) is 0 Å². The van der Waals surface area contributed by atoms with Crippen LogP contribution in [0.15, 0.2) is 0 Å². The minimum atomic E-state index is -3.02. The lowest BCUT2D eigenvalue weighted by atomic mass is 10.6. The Balaban J connectivity index is 3.81. The van der Waals surface area contributed by atoms with Gasteiger partial charge in [-0.1, -0.05) is 6.92 Å². The monoisotopic (exact) mass is 184 g/mol. The minimum absolute atomic E-state index is 0.0666. The van der Waals surface area contributed by atoms with Crippen LogP contribution in [0.2, 0.25) is 0 Å². The van der Waals surface area contributed by atoms with Crippen LogP contribution in [0.1, 0.15) is 13.3 Å². The lowest BCUT2D eigenvalue weighted by Gasteiger charge is -1.95. The van der Waals surface area contributed by atoms with Crippen LogP contribution in [-0.4, -0.2) is 25.2 Å². The first-order chi connectivity index (χ1) is 4.48. The summed E-state index contributed by atoms with van der Waals surface area (Å²) < 4.78 is 21.4. The van der Waals surface area contributed by atoms with E-state index in [1.807, 2.05) is 0 Å². The molecule has 0 aliphatic rings. The molecule has 0 aliphatic heterocycles. The normalized spacial score (nSPS) is 11.4. The first-order valence-electron chi connectivity index (χ1n) is 2.86. The van der Waals surface area contributed by atoms with Crippen molar-refractivity contribution in [1.82, 2.24) is 0 Å². The highest BCUT2D eigenvalue weighted by Crippen LogP contribution is 1.96. The highest BCUT2D eigenvalue weighted by atomic mass is 35.5. The number of halogens is 1. The molecule has 0 radical (unpaired) electrons. The van der Waals surface area contributed by atoms with Crippen molar-refractivity contribution in [2.45, 2.75) is 13.3 Å². The molecular formula is C5H9ClO3S. The molecule has 0 saturated carbocycles. The van der Waals surface area contributed by atoms with E-state index in [0.29, 0.717) is 0 Å². The van der Waals surface area contributed by atoms with Crippen LogP contribution in [-0.2, 0) is 14.6 Å². The van der Waals surface area contributed by atoms with Gasteiger partial charge in [-0.15, -0.1) is 0 Å². The first kappa shape index (κ1) is 9.91. The van der Waals surface area contributed by atoms with E-state index in [0.717, 1.165) is 0 Å². The van der Waals surface area contributed by atoms with Crippen LogP contribution in [0.5, 0.6) is 0 Å². The minimum Gasteiger partial charge on any atom is -0.281 e. The zero-order chi connectivity index (χ0) is 8.20. The number of carbonyl (C=O) groups excluding carboxylic acids is 1. The van der Waals surface area contributed by atoms with Crippen LogP contribution in [0.3, 0.4) is 0 Å². The molecule has 0 aromatic rings. The Morgan fingerprint density at radius 1 is 1.50 bits per heavy atom. The van der Waals surface area contributed by atoms with E-state index in [9.17, 15) is 13.2 Å². The van der Waals surface area contributed by atoms with Gasteiger partial charge in [-0.2, -0.15) is 0 Å². The average molecular weight is 185 g/mol. The van der Waals surface area contributed by atoms with Gasteiger partial charge in [-0.05, 0) is 11.6 Å². The number of sulfone groups is 1. The molecule has 0 N–H and O–H groups in total. The lowest BCUT2D eigenvalue weighted by molar-refractivity contribution is -0.111. The molecule has 0 atom stereocenters. The van der Waals surface area contributed by atoms with E-state index in [1.54, 1.807) is 0 Å². The van der Waals surface area contributed by atoms with Gasteiger partial charge < -0.3 is 0 Å². The molecule has 0 fully saturated rings. The second kappa shape index (κ2) is 3.93. The summed E-state index contributed by atoms with van der Waals surface area (Å²) in [6, 6.07) is 0. The fourth-order valence-corrected chi connectivity index (χ4v) is 1.37. The third-order valence-corrected chi connectivity index (χ3v) is 2.94. The average Bonchev–Trinajstić information content (AvgIpc) is 1.85. The molecule has 5 heteroatoms. The third-order valence-electron chi connectivity index (χ3n) is 1.05. The topological polar surface area (TPSA) is 51.2 Å². The molecule has 60 valence electrons. The molecular weight excluding hydrogens is 176 g/mol. The quantitative estimate of drug-likeness (QED) is 0.601. The highest BCUT2D eigenvalue weighted by Gasteiger charge is 2.08. The molecule has 10 heavy (non-hydrogen) atoms. The maximum Gasteiger partial charge on any atom is 0.222 e. The summed E-state index contributed by atoms with van der Waals surface area (Å²) in [6.45, 7) is 1.54. The molecule has 0 amide bonds. The Bertz CT molecular complexity index is 207. The first-order valence-corrected chi connectivity index (χ1v) is 5.06. The van der Waals surface area contributed by atoms with Gasteiger partial charge in [0.25, 0.3) is 0 Å². The van der Waals surface area contributed by atoms with Crippen molar-refractivity contribution in [2.24, 2.45) is 0 Å². The maximum absolute atomic E-state index is 10.7. The summed E-state index contributed by atoms with van der Waals surface area (Å²) in [5.74, 6) is -0.0665. The zero-order valence-electron chi connectivity index (χ0n) is 5.63. The fraction of sp³-hybridized carbons (Fsp3) is 0.800. The van der Waals surface area contributed by atoms with Gasteiger partial charge in [0.05, 0.1) is 5.75 Å². The maximum atomic E-state index is 10.7. The second-order valence-electron chi connectivity index (χ2n) is 1.84. The predicted octanol–water partition coefficient (Wildman–Crippen LogP) is 0.577. The molecule has 0 aromatic heterocycles. The Labute approximate surface area is 65.3 Å². The molecule has 0 spiro atoms. The highest BCUT2D eigenvalue weighted by molar-refractivity contribution is 7.91. The summed E-state index contributed by atoms with van der Waals surface area (Å²) in [7, 11) is -3.02. The molecule has 0 rings (SSSR count). The predicted molar refractivity (Wildman–Crippen MR) is 39.8 cm³/mol. The van der Waals surface area contributed by atoms with Crippen molar-refractivity contribution in [3.05, 3.63) is 0 Å². The van der Waals surface area contributed by atoms with E-state index < -0.39 is 15.1 Å². The summed E-state index contributed by atoms with van der Waals surface area (Å²) in [6.07, 6.45) is -0.0856. The van der Waals surface area contributed by atoms with E-state index in [2.05, 4.69) is 0 Å². The lowest BCUT2D eigenvalue weighted by Crippen LogP contribution is -2.10. The van der Waals surface area contributed by atoms with Gasteiger partial charge in [0, 0.05) is 12.2 Å². The Morgan fingerprint density at radius 3 is 2.30 bits per heavy atom. The molecule has 0 unspecified atom stereocenters. The van der Waals surface area contributed by atoms with Crippen molar-refractivity contribution in [2.75, 3.05) is 11.5 Å². The van der Waals surface area contributed by atoms with Gasteiger partial charge in [-0.25, -0.2) is 8.42 Å². The van der Waals surface area contributed by atoms with Gasteiger partial charge in [-0.3, -0.25) is 4.79 Å². The van der Waals surface area contributed by atoms with Crippen molar-refractivity contribution in [1.29, 1.82) is 0 Å². The Hall–Kier alpha value is -0.0900. The van der Waals surface area contributed by atoms with E-state index >= 15 is 0 Å². The molecule has 0 saturated heterocycles. The zero-order valence-corrected chi connectivity index (χ0v) is 7.20. The Morgan fingerprint density at radius 2 is 2.00 bits per heavy atom. The van der Waals surface area contributed by atoms with E-state index in [4.69, 9.17) is 11.6 Å². The molecule has 0 aromatic carbocycles. The Kier molecular flexibility index (Phi) is 3.89. The van der Waals surface area contributed by atoms with Crippen LogP contribution >= 0.6 is 11.6 Å². The van der Waals surface area contributed by atoms with Crippen LogP contribution in [0.25, 0.3) is 0 Å². The number of hydrogen-bond donors (Lipinski definition) is 0. The van der Waals surface area contributed by atoms with Gasteiger partial charge in [0.1, 0.15) is 0 Å². The second-order valence-corrected chi connectivity index (χ2v) is 4.74. The van der Waals surface area contributed by atoms with E-state index in [-0.39, 0.29) is 17.9 Å². The summed E-state index contributed by atoms with van der Waals surface area (Å²) in [4.78, 5) is 10.1. The summed E-state index contributed by atoms with van der Waals surface area (Å²) in [5.41, 5.74) is 0. The number of carbonyl (C=O) groups is 1. The van der Waals surface area contributed by atoms with Crippen LogP contribution in [0.4, 0.5) is 0 Å². The van der Waals surface area contributed by atoms with Crippen LogP contribution < -0.4 is 0 Å². The van der Waals surface area contributed by atoms with Crippen molar-refractivity contribution in [3.8, 4) is 0 Å². The molecule has 3 nitrogen and oxygen atoms in total. The smallest absolute Gasteiger partial charge is 0.222 e. The third kappa shape index (κ3) is 4.76. The largest absolute Gasteiger partial charge is 0.281 e. The summed E-state index contributed by atoms with van der Waals surface area (Å²) >= 11 is 4.94. The van der Waals surface area contributed by atoms with Gasteiger partial charge in [0.15, 0.2) is 9.84 Å². The molecule has 0 bridgehead atoms. The molecule has 0 aliphatic carbocycles. The summed E-state index contributed by atoms with van der Waals surface area (Å²) in [5, 5.41) is -0.600. The van der Waals surface area contributed by atoms with Gasteiger partial charge in [0.2, 0.25) is 5.24 Å². The molecule has 0 heterocycles. The number of hydrogen-bond acceptors (Lipinski definition) is 3. The van der Waals surface area contributed by atoms with Crippen LogP contribution in [0, 0.1) is 0 Å². The van der Waals surface area contributed by atoms with E-state index in [1.165, 1.54) is 6.92 Å². The van der Waals surface area contributed by atoms with Crippen molar-refractivity contribution >= 4 is 26.7 Å². The standard InChI is InChI=1S/C5H9ClO3S/c1-2-10(8,9)4-3-5(6)7/h2-4H2,1H3. The SMILES string of the molecule is CCS(=O)(=O)CCC(=O)Cl.